The van der Waals surface area contributed by atoms with E-state index in [0.29, 0.717) is 0 Å². The van der Waals surface area contributed by atoms with E-state index in [1.165, 1.54) is 221 Å². The SMILES string of the molecule is c1ccc2c(c1)Cc1c-2ccc2c1-c1ccc3c4ncccc4n4c5cnccc5nc4c3c1C2.c1ccc2c(c1)Cc1c-2ccc2c1Cc1c-2ccc2c3ncccc3n3c4cnccc4nc3c12.c1ccc2c(c1)Cc1cc3c(cc1-2)-c1ccc2c4ncccc4n4c5cnccc5nc4c2c1C3.c1ccc2c(c1)Cc1cc3c(cc1-2)Cc1c-3ccc2c3ncccc3n3c4cnccc4nc3c12. The van der Waals surface area contributed by atoms with Gasteiger partial charge in [-0.05, 0) is 320 Å². The van der Waals surface area contributed by atoms with Gasteiger partial charge in [0.2, 0.25) is 0 Å². The molecule has 0 saturated heterocycles. The number of nitrogens with zero attached hydrogens (tertiary/aromatic N) is 16. The predicted molar refractivity (Wildman–Crippen MR) is 559 cm³/mol. The fraction of sp³-hybridized carbons (Fsp3) is 0.0645. The molecule has 8 aliphatic carbocycles. The number of pyridine rings is 12. The molecule has 0 bridgehead atoms. The monoisotopic (exact) mass is 1780 g/mol. The van der Waals surface area contributed by atoms with E-state index < -0.39 is 0 Å². The number of rotatable bonds is 0. The van der Waals surface area contributed by atoms with Gasteiger partial charge in [-0.25, -0.2) is 19.9 Å². The van der Waals surface area contributed by atoms with E-state index in [9.17, 15) is 0 Å². The fourth-order valence-corrected chi connectivity index (χ4v) is 26.1. The van der Waals surface area contributed by atoms with Crippen molar-refractivity contribution in [2.24, 2.45) is 0 Å². The molecule has 0 radical (unpaired) electrons. The molecule has 0 aliphatic heterocycles. The maximum atomic E-state index is 5.13. The summed E-state index contributed by atoms with van der Waals surface area (Å²) < 4.78 is 8.98. The number of aromatic nitrogens is 16. The molecule has 8 aliphatic rings. The summed E-state index contributed by atoms with van der Waals surface area (Å²) in [5.41, 5.74) is 64.8. The van der Waals surface area contributed by atoms with Crippen LogP contribution >= 0.6 is 0 Å². The van der Waals surface area contributed by atoms with Crippen LogP contribution in [0.25, 0.3) is 243 Å². The third-order valence-electron chi connectivity index (χ3n) is 31.9. The summed E-state index contributed by atoms with van der Waals surface area (Å²) >= 11 is 0. The predicted octanol–water partition coefficient (Wildman–Crippen LogP) is 26.9. The third-order valence-corrected chi connectivity index (χ3v) is 31.9. The Labute approximate surface area is 796 Å². The van der Waals surface area contributed by atoms with Gasteiger partial charge in [0.05, 0.1) is 113 Å². The Bertz CT molecular complexity index is 10600. The van der Waals surface area contributed by atoms with E-state index in [4.69, 9.17) is 39.9 Å². The lowest BCUT2D eigenvalue weighted by atomic mass is 9.94. The second-order valence-electron chi connectivity index (χ2n) is 38.7. The van der Waals surface area contributed by atoms with Crippen molar-refractivity contribution in [2.75, 3.05) is 0 Å². The molecule has 36 rings (SSSR count). The summed E-state index contributed by atoms with van der Waals surface area (Å²) in [4.78, 5) is 57.4. The Hall–Kier alpha value is -18.3. The van der Waals surface area contributed by atoms with E-state index in [0.717, 1.165) is 162 Å². The van der Waals surface area contributed by atoms with E-state index >= 15 is 0 Å². The van der Waals surface area contributed by atoms with Gasteiger partial charge < -0.3 is 0 Å². The van der Waals surface area contributed by atoms with Crippen molar-refractivity contribution in [3.05, 3.63) is 430 Å². The molecule has 0 N–H and O–H groups in total. The molecule has 16 heteroatoms. The minimum atomic E-state index is 0.910. The van der Waals surface area contributed by atoms with E-state index in [1.54, 1.807) is 0 Å². The summed E-state index contributed by atoms with van der Waals surface area (Å²) in [6, 6.07) is 97.1. The molecular weight excluding hydrogens is 1710 g/mol. The number of benzene rings is 12. The van der Waals surface area contributed by atoms with Crippen LogP contribution < -0.4 is 0 Å². The van der Waals surface area contributed by atoms with E-state index in [1.807, 2.05) is 123 Å². The molecule has 140 heavy (non-hydrogen) atoms. The Morgan fingerprint density at radius 3 is 0.907 bits per heavy atom. The zero-order valence-electron chi connectivity index (χ0n) is 75.1. The first-order valence-electron chi connectivity index (χ1n) is 48.2. The quantitative estimate of drug-likeness (QED) is 0.132. The molecule has 16 heterocycles. The number of fused-ring (bicyclic) bond motifs is 62. The highest BCUT2D eigenvalue weighted by Crippen LogP contribution is 2.56. The van der Waals surface area contributed by atoms with Gasteiger partial charge in [0.25, 0.3) is 0 Å². The summed E-state index contributed by atoms with van der Waals surface area (Å²) in [6.07, 6.45) is 30.2. The lowest BCUT2D eigenvalue weighted by molar-refractivity contribution is 1.17. The Morgan fingerprint density at radius 1 is 0.179 bits per heavy atom. The standard InChI is InChI=1S/4C31H18N4/c1-2-5-19-17(4-1)14-23-20(19)8-7-18-15-24-21(28(18)23)9-10-22-29(24)31-34-25-11-13-32-16-27(25)35(31)26-6-3-12-33-30(22)26;1-2-5-18-17(4-1)14-23-19(18)7-8-20-21-9-10-22-29(25(21)15-24(20)23)31-34-26-11-13-32-16-28(26)35(31)27-6-3-12-33-30(22)27;1-2-5-20-17(4-1)12-18-13-24-19(14-23(18)20)15-25-21(24)7-8-22-29(25)31-34-26-9-11-32-16-28(26)35(31)27-6-3-10-33-30(22)27;1-2-5-20-17(4-1)12-18-13-19-14-25-21(24(19)15-23(18)20)7-8-22-29(25)31-34-26-9-11-32-16-28(26)35(31)27-6-3-10-33-30(22)27/h2*1-13,16H,14-15H2;1-11,13-14,16H,12,15H2;1-11,13,15-16H,12,14H2. The molecule has 12 aromatic carbocycles. The summed E-state index contributed by atoms with van der Waals surface area (Å²) in [7, 11) is 0. The van der Waals surface area contributed by atoms with E-state index in [-0.39, 0.29) is 0 Å². The zero-order chi connectivity index (χ0) is 90.7. The minimum absolute atomic E-state index is 0.910. The molecule has 0 atom stereocenters. The van der Waals surface area contributed by atoms with Crippen molar-refractivity contribution in [3.8, 4) is 89.0 Å². The van der Waals surface area contributed by atoms with Crippen LogP contribution in [0.15, 0.2) is 341 Å². The Balaban J connectivity index is 0.0000000829. The molecule has 0 saturated carbocycles. The van der Waals surface area contributed by atoms with Crippen LogP contribution in [0, 0.1) is 0 Å². The average molecular weight is 1790 g/mol. The Kier molecular flexibility index (Phi) is 14.9. The minimum Gasteiger partial charge on any atom is -0.289 e. The first-order chi connectivity index (χ1) is 69.4. The van der Waals surface area contributed by atoms with Gasteiger partial charge in [0, 0.05) is 92.7 Å². The average Bonchev–Trinajstić information content (AvgIpc) is 1.55. The molecule has 0 spiro atoms. The first kappa shape index (κ1) is 75.1. The maximum Gasteiger partial charge on any atom is 0.146 e. The van der Waals surface area contributed by atoms with E-state index in [2.05, 4.69) is 256 Å². The number of hydrogen-bond donors (Lipinski definition) is 0. The van der Waals surface area contributed by atoms with Crippen LogP contribution in [0.5, 0.6) is 0 Å². The van der Waals surface area contributed by atoms with Crippen LogP contribution in [0.1, 0.15) is 89.0 Å². The molecular formula is C124H72N16. The highest BCUT2D eigenvalue weighted by Gasteiger charge is 2.37. The van der Waals surface area contributed by atoms with Crippen molar-refractivity contribution in [2.45, 2.75) is 51.4 Å². The smallest absolute Gasteiger partial charge is 0.146 e. The normalized spacial score (nSPS) is 13.5. The van der Waals surface area contributed by atoms with Crippen LogP contribution in [0.3, 0.4) is 0 Å². The molecule has 0 unspecified atom stereocenters. The molecule has 16 aromatic heterocycles. The lowest BCUT2D eigenvalue weighted by Crippen LogP contribution is -1.96. The van der Waals surface area contributed by atoms with Crippen molar-refractivity contribution in [3.63, 3.8) is 0 Å². The number of hydrogen-bond acceptors (Lipinski definition) is 12. The van der Waals surface area contributed by atoms with Crippen molar-refractivity contribution < 1.29 is 0 Å². The zero-order valence-corrected chi connectivity index (χ0v) is 75.1. The van der Waals surface area contributed by atoms with Gasteiger partial charge in [-0.1, -0.05) is 176 Å². The van der Waals surface area contributed by atoms with Crippen molar-refractivity contribution in [1.82, 2.24) is 77.4 Å². The summed E-state index contributed by atoms with van der Waals surface area (Å²) in [5.74, 6) is 0. The van der Waals surface area contributed by atoms with Gasteiger partial charge in [0.15, 0.2) is 0 Å². The largest absolute Gasteiger partial charge is 0.289 e. The number of imidazole rings is 4. The molecule has 28 aromatic rings. The lowest BCUT2D eigenvalue weighted by Gasteiger charge is -2.12. The van der Waals surface area contributed by atoms with Gasteiger partial charge in [-0.3, -0.25) is 57.5 Å². The first-order valence-corrected chi connectivity index (χ1v) is 48.2. The molecule has 16 nitrogen and oxygen atoms in total. The van der Waals surface area contributed by atoms with Crippen LogP contribution in [0.4, 0.5) is 0 Å². The highest BCUT2D eigenvalue weighted by atomic mass is 15.1. The van der Waals surface area contributed by atoms with Crippen LogP contribution in [-0.2, 0) is 51.4 Å². The topological polar surface area (TPSA) is 172 Å². The van der Waals surface area contributed by atoms with Gasteiger partial charge in [0.1, 0.15) is 22.6 Å². The second-order valence-corrected chi connectivity index (χ2v) is 38.7. The summed E-state index contributed by atoms with van der Waals surface area (Å²) in [5, 5.41) is 9.52. The van der Waals surface area contributed by atoms with Crippen LogP contribution in [0.2, 0.25) is 0 Å². The second kappa shape index (κ2) is 27.7. The fourth-order valence-electron chi connectivity index (χ4n) is 26.1. The third kappa shape index (κ3) is 10.2. The van der Waals surface area contributed by atoms with Gasteiger partial charge in [-0.2, -0.15) is 0 Å². The van der Waals surface area contributed by atoms with Crippen LogP contribution in [-0.4, -0.2) is 77.4 Å². The van der Waals surface area contributed by atoms with Crippen molar-refractivity contribution >= 4 is 154 Å². The summed E-state index contributed by atoms with van der Waals surface area (Å²) in [6.45, 7) is 0. The molecule has 0 fully saturated rings. The van der Waals surface area contributed by atoms with Crippen molar-refractivity contribution in [1.29, 1.82) is 0 Å². The van der Waals surface area contributed by atoms with Gasteiger partial charge >= 0.3 is 0 Å². The molecule has 0 amide bonds. The molecule has 648 valence electrons. The van der Waals surface area contributed by atoms with Gasteiger partial charge in [-0.15, -0.1) is 0 Å². The highest BCUT2D eigenvalue weighted by molar-refractivity contribution is 6.21. The Morgan fingerprint density at radius 2 is 0.464 bits per heavy atom. The maximum absolute atomic E-state index is 5.13.